The Hall–Kier alpha value is -1.58. The van der Waals surface area contributed by atoms with Gasteiger partial charge in [-0.25, -0.2) is 4.39 Å². The van der Waals surface area contributed by atoms with Gasteiger partial charge in [-0.3, -0.25) is 4.90 Å². The van der Waals surface area contributed by atoms with Crippen molar-refractivity contribution in [3.63, 3.8) is 0 Å². The molecule has 4 heteroatoms. The molecule has 21 heavy (non-hydrogen) atoms. The minimum Gasteiger partial charge on any atom is -0.494 e. The van der Waals surface area contributed by atoms with Crippen molar-refractivity contribution in [3.8, 4) is 5.75 Å². The molecule has 2 rings (SSSR count). The van der Waals surface area contributed by atoms with Crippen molar-refractivity contribution in [2.45, 2.75) is 13.1 Å². The van der Waals surface area contributed by atoms with Crippen molar-refractivity contribution in [1.29, 1.82) is 0 Å². The Bertz CT molecular complexity index is 562. The largest absolute Gasteiger partial charge is 0.494 e. The van der Waals surface area contributed by atoms with E-state index in [1.165, 1.54) is 18.7 Å². The van der Waals surface area contributed by atoms with Crippen LogP contribution in [0.25, 0.3) is 0 Å². The zero-order chi connectivity index (χ0) is 15.1. The second-order valence-electron chi connectivity index (χ2n) is 4.85. The molecule has 0 heterocycles. The highest BCUT2D eigenvalue weighted by atomic mass is 35.5. The van der Waals surface area contributed by atoms with Crippen LogP contribution in [0.4, 0.5) is 4.39 Å². The lowest BCUT2D eigenvalue weighted by Gasteiger charge is -2.21. The van der Waals surface area contributed by atoms with Crippen LogP contribution in [0.2, 0.25) is 0 Å². The van der Waals surface area contributed by atoms with Gasteiger partial charge in [-0.15, -0.1) is 11.6 Å². The van der Waals surface area contributed by atoms with Crippen molar-refractivity contribution < 1.29 is 9.13 Å². The number of hydrogen-bond acceptors (Lipinski definition) is 2. The van der Waals surface area contributed by atoms with E-state index >= 15 is 0 Å². The summed E-state index contributed by atoms with van der Waals surface area (Å²) in [6, 6.07) is 15.2. The predicted octanol–water partition coefficient (Wildman–Crippen LogP) is 4.08. The zero-order valence-electron chi connectivity index (χ0n) is 12.1. The molecule has 0 aliphatic carbocycles. The predicted molar refractivity (Wildman–Crippen MR) is 84.2 cm³/mol. The molecule has 0 saturated carbocycles. The summed E-state index contributed by atoms with van der Waals surface area (Å²) in [5, 5.41) is 0. The highest BCUT2D eigenvalue weighted by molar-refractivity contribution is 6.18. The minimum absolute atomic E-state index is 0.269. The molecule has 0 spiro atoms. The van der Waals surface area contributed by atoms with Gasteiger partial charge in [0, 0.05) is 25.5 Å². The summed E-state index contributed by atoms with van der Waals surface area (Å²) in [7, 11) is 1.47. The molecule has 0 saturated heterocycles. The number of hydrogen-bond donors (Lipinski definition) is 0. The van der Waals surface area contributed by atoms with E-state index in [9.17, 15) is 4.39 Å². The molecule has 0 aliphatic rings. The Morgan fingerprint density at radius 2 is 1.76 bits per heavy atom. The first-order chi connectivity index (χ1) is 10.2. The van der Waals surface area contributed by atoms with Crippen LogP contribution in [-0.4, -0.2) is 24.4 Å². The fraction of sp³-hybridized carbons (Fsp3) is 0.294. The molecule has 0 unspecified atom stereocenters. The molecule has 0 aliphatic heterocycles. The first kappa shape index (κ1) is 15.8. The maximum Gasteiger partial charge on any atom is 0.165 e. The van der Waals surface area contributed by atoms with Crippen molar-refractivity contribution >= 4 is 11.6 Å². The highest BCUT2D eigenvalue weighted by Gasteiger charge is 2.09. The van der Waals surface area contributed by atoms with E-state index in [1.807, 2.05) is 24.3 Å². The molecule has 0 aromatic heterocycles. The average molecular weight is 308 g/mol. The number of benzene rings is 2. The van der Waals surface area contributed by atoms with Crippen LogP contribution < -0.4 is 4.74 Å². The van der Waals surface area contributed by atoms with Crippen LogP contribution in [0.15, 0.2) is 48.5 Å². The third-order valence-corrected chi connectivity index (χ3v) is 3.44. The van der Waals surface area contributed by atoms with E-state index in [0.29, 0.717) is 12.4 Å². The van der Waals surface area contributed by atoms with Crippen molar-refractivity contribution in [3.05, 3.63) is 65.5 Å². The summed E-state index contributed by atoms with van der Waals surface area (Å²) in [5.41, 5.74) is 2.13. The Balaban J connectivity index is 2.07. The number of ether oxygens (including phenoxy) is 1. The highest BCUT2D eigenvalue weighted by Crippen LogP contribution is 2.19. The molecule has 2 aromatic rings. The smallest absolute Gasteiger partial charge is 0.165 e. The van der Waals surface area contributed by atoms with Crippen LogP contribution in [0.5, 0.6) is 5.75 Å². The van der Waals surface area contributed by atoms with E-state index in [-0.39, 0.29) is 11.6 Å². The molecule has 0 N–H and O–H groups in total. The SMILES string of the molecule is COc1ccc(CN(CCCl)Cc2ccccc2)cc1F. The second kappa shape index (κ2) is 8.01. The van der Waals surface area contributed by atoms with Gasteiger partial charge in [-0.05, 0) is 23.3 Å². The van der Waals surface area contributed by atoms with Crippen LogP contribution in [-0.2, 0) is 13.1 Å². The van der Waals surface area contributed by atoms with Crippen molar-refractivity contribution in [2.24, 2.45) is 0 Å². The molecule has 0 bridgehead atoms. The normalized spacial score (nSPS) is 10.9. The van der Waals surface area contributed by atoms with E-state index in [1.54, 1.807) is 6.07 Å². The lowest BCUT2D eigenvalue weighted by molar-refractivity contribution is 0.272. The van der Waals surface area contributed by atoms with E-state index in [0.717, 1.165) is 18.7 Å². The summed E-state index contributed by atoms with van der Waals surface area (Å²) in [5.74, 6) is 0.483. The average Bonchev–Trinajstić information content (AvgIpc) is 2.49. The molecule has 0 fully saturated rings. The third-order valence-electron chi connectivity index (χ3n) is 3.27. The van der Waals surface area contributed by atoms with Gasteiger partial charge >= 0.3 is 0 Å². The van der Waals surface area contributed by atoms with Crippen molar-refractivity contribution in [1.82, 2.24) is 4.90 Å². The van der Waals surface area contributed by atoms with E-state index < -0.39 is 0 Å². The number of alkyl halides is 1. The first-order valence-electron chi connectivity index (χ1n) is 6.87. The van der Waals surface area contributed by atoms with Crippen LogP contribution in [0, 0.1) is 5.82 Å². The number of methoxy groups -OCH3 is 1. The fourth-order valence-electron chi connectivity index (χ4n) is 2.24. The number of rotatable bonds is 7. The van der Waals surface area contributed by atoms with Crippen LogP contribution >= 0.6 is 11.6 Å². The quantitative estimate of drug-likeness (QED) is 0.715. The Labute approximate surface area is 130 Å². The summed E-state index contributed by atoms with van der Waals surface area (Å²) >= 11 is 5.87. The molecule has 2 aromatic carbocycles. The zero-order valence-corrected chi connectivity index (χ0v) is 12.8. The van der Waals surface area contributed by atoms with Crippen LogP contribution in [0.1, 0.15) is 11.1 Å². The van der Waals surface area contributed by atoms with Gasteiger partial charge in [-0.1, -0.05) is 36.4 Å². The van der Waals surface area contributed by atoms with E-state index in [2.05, 4.69) is 17.0 Å². The summed E-state index contributed by atoms with van der Waals surface area (Å²) in [6.07, 6.45) is 0. The molecule has 112 valence electrons. The van der Waals surface area contributed by atoms with Gasteiger partial charge < -0.3 is 4.74 Å². The monoisotopic (exact) mass is 307 g/mol. The molecule has 2 nitrogen and oxygen atoms in total. The lowest BCUT2D eigenvalue weighted by Crippen LogP contribution is -2.25. The molecular formula is C17H19ClFNO. The Kier molecular flexibility index (Phi) is 6.03. The van der Waals surface area contributed by atoms with Crippen molar-refractivity contribution in [2.75, 3.05) is 19.5 Å². The standard InChI is InChI=1S/C17H19ClFNO/c1-21-17-8-7-15(11-16(17)19)13-20(10-9-18)12-14-5-3-2-4-6-14/h2-8,11H,9-10,12-13H2,1H3. The third kappa shape index (κ3) is 4.73. The summed E-state index contributed by atoms with van der Waals surface area (Å²) < 4.78 is 18.7. The van der Waals surface area contributed by atoms with Gasteiger partial charge in [0.15, 0.2) is 11.6 Å². The maximum absolute atomic E-state index is 13.7. The molecule has 0 radical (unpaired) electrons. The fourth-order valence-corrected chi connectivity index (χ4v) is 2.48. The van der Waals surface area contributed by atoms with Gasteiger partial charge in [0.1, 0.15) is 0 Å². The Morgan fingerprint density at radius 1 is 1.05 bits per heavy atom. The molecule has 0 amide bonds. The van der Waals surface area contributed by atoms with Gasteiger partial charge in [0.25, 0.3) is 0 Å². The second-order valence-corrected chi connectivity index (χ2v) is 5.23. The summed E-state index contributed by atoms with van der Waals surface area (Å²) in [6.45, 7) is 2.20. The van der Waals surface area contributed by atoms with Crippen LogP contribution in [0.3, 0.4) is 0 Å². The van der Waals surface area contributed by atoms with E-state index in [4.69, 9.17) is 16.3 Å². The first-order valence-corrected chi connectivity index (χ1v) is 7.41. The Morgan fingerprint density at radius 3 is 2.38 bits per heavy atom. The van der Waals surface area contributed by atoms with Gasteiger partial charge in [0.05, 0.1) is 7.11 Å². The number of nitrogens with zero attached hydrogens (tertiary/aromatic N) is 1. The maximum atomic E-state index is 13.7. The topological polar surface area (TPSA) is 12.5 Å². The molecular weight excluding hydrogens is 289 g/mol. The molecule has 0 atom stereocenters. The number of halogens is 2. The van der Waals surface area contributed by atoms with Gasteiger partial charge in [-0.2, -0.15) is 0 Å². The lowest BCUT2D eigenvalue weighted by atomic mass is 10.1. The van der Waals surface area contributed by atoms with Gasteiger partial charge in [0.2, 0.25) is 0 Å². The summed E-state index contributed by atoms with van der Waals surface area (Å²) in [4.78, 5) is 2.20. The minimum atomic E-state index is -0.333.